The molecule has 0 saturated carbocycles. The van der Waals surface area contributed by atoms with E-state index in [-0.39, 0.29) is 18.3 Å². The smallest absolute Gasteiger partial charge is 0.287 e. The Kier molecular flexibility index (Phi) is 3.53. The second-order valence-electron chi connectivity index (χ2n) is 4.16. The molecule has 0 bridgehead atoms. The molecular weight excluding hydrogens is 222 g/mol. The van der Waals surface area contributed by atoms with Gasteiger partial charge in [0.25, 0.3) is 5.69 Å². The van der Waals surface area contributed by atoms with E-state index in [1.54, 1.807) is 6.07 Å². The van der Waals surface area contributed by atoms with Crippen molar-refractivity contribution in [1.82, 2.24) is 4.98 Å². The van der Waals surface area contributed by atoms with Crippen LogP contribution in [0.2, 0.25) is 0 Å². The minimum absolute atomic E-state index is 0.00805. The van der Waals surface area contributed by atoms with Crippen LogP contribution in [0.1, 0.15) is 19.3 Å². The maximum atomic E-state index is 10.5. The third-order valence-electron chi connectivity index (χ3n) is 3.08. The van der Waals surface area contributed by atoms with Crippen LogP contribution < -0.4 is 4.90 Å². The normalized spacial score (nSPS) is 20.3. The maximum Gasteiger partial charge on any atom is 0.287 e. The van der Waals surface area contributed by atoms with Gasteiger partial charge in [0.05, 0.1) is 17.6 Å². The van der Waals surface area contributed by atoms with Gasteiger partial charge in [0.2, 0.25) is 0 Å². The highest BCUT2D eigenvalue weighted by atomic mass is 16.6. The Morgan fingerprint density at radius 3 is 2.94 bits per heavy atom. The summed E-state index contributed by atoms with van der Waals surface area (Å²) in [5.74, 6) is 0.703. The SMILES string of the molecule is O=[N+]([O-])c1ccc(N2CCCC[C@H]2CO)nc1. The molecule has 1 aromatic heterocycles. The van der Waals surface area contributed by atoms with Crippen LogP contribution in [-0.2, 0) is 0 Å². The second-order valence-corrected chi connectivity index (χ2v) is 4.16. The topological polar surface area (TPSA) is 79.5 Å². The van der Waals surface area contributed by atoms with E-state index in [2.05, 4.69) is 4.98 Å². The van der Waals surface area contributed by atoms with Crippen molar-refractivity contribution in [3.63, 3.8) is 0 Å². The average molecular weight is 237 g/mol. The van der Waals surface area contributed by atoms with Crippen LogP contribution in [0.25, 0.3) is 0 Å². The number of hydrogen-bond acceptors (Lipinski definition) is 5. The van der Waals surface area contributed by atoms with E-state index in [0.717, 1.165) is 25.8 Å². The predicted octanol–water partition coefficient (Wildman–Crippen LogP) is 1.34. The van der Waals surface area contributed by atoms with Crippen LogP contribution in [0.15, 0.2) is 18.3 Å². The molecule has 1 N–H and O–H groups in total. The molecule has 1 aliphatic rings. The number of nitrogens with zero attached hydrogens (tertiary/aromatic N) is 3. The highest BCUT2D eigenvalue weighted by Gasteiger charge is 2.23. The van der Waals surface area contributed by atoms with E-state index < -0.39 is 4.92 Å². The Labute approximate surface area is 99.0 Å². The first kappa shape index (κ1) is 11.8. The van der Waals surface area contributed by atoms with Gasteiger partial charge < -0.3 is 10.0 Å². The van der Waals surface area contributed by atoms with Gasteiger partial charge in [0, 0.05) is 12.6 Å². The summed E-state index contributed by atoms with van der Waals surface area (Å²) in [5.41, 5.74) is -0.00805. The first-order valence-electron chi connectivity index (χ1n) is 5.70. The van der Waals surface area contributed by atoms with Crippen molar-refractivity contribution in [2.75, 3.05) is 18.1 Å². The molecule has 92 valence electrons. The number of rotatable bonds is 3. The highest BCUT2D eigenvalue weighted by Crippen LogP contribution is 2.24. The molecule has 0 unspecified atom stereocenters. The van der Waals surface area contributed by atoms with Crippen LogP contribution in [0, 0.1) is 10.1 Å². The summed E-state index contributed by atoms with van der Waals surface area (Å²) in [6.45, 7) is 0.939. The van der Waals surface area contributed by atoms with Gasteiger partial charge in [-0.15, -0.1) is 0 Å². The van der Waals surface area contributed by atoms with E-state index in [9.17, 15) is 15.2 Å². The molecule has 1 aliphatic heterocycles. The highest BCUT2D eigenvalue weighted by molar-refractivity contribution is 5.44. The van der Waals surface area contributed by atoms with Gasteiger partial charge in [-0.3, -0.25) is 10.1 Å². The molecule has 6 heteroatoms. The number of piperidine rings is 1. The zero-order valence-corrected chi connectivity index (χ0v) is 9.45. The molecule has 1 fully saturated rings. The van der Waals surface area contributed by atoms with E-state index in [4.69, 9.17) is 0 Å². The van der Waals surface area contributed by atoms with Gasteiger partial charge in [-0.2, -0.15) is 0 Å². The standard InChI is InChI=1S/C11H15N3O3/c15-8-10-3-1-2-6-13(10)11-5-4-9(7-12-11)14(16)17/h4-5,7,10,15H,1-3,6,8H2/t10-/m0/s1. The third kappa shape index (κ3) is 2.52. The predicted molar refractivity (Wildman–Crippen MR) is 63.0 cm³/mol. The van der Waals surface area contributed by atoms with Crippen molar-refractivity contribution < 1.29 is 10.0 Å². The summed E-state index contributed by atoms with van der Waals surface area (Å²) in [7, 11) is 0. The molecule has 1 saturated heterocycles. The number of aliphatic hydroxyl groups is 1. The molecule has 2 rings (SSSR count). The van der Waals surface area contributed by atoms with E-state index >= 15 is 0 Å². The number of hydrogen-bond donors (Lipinski definition) is 1. The fraction of sp³-hybridized carbons (Fsp3) is 0.545. The molecule has 6 nitrogen and oxygen atoms in total. The van der Waals surface area contributed by atoms with Crippen molar-refractivity contribution >= 4 is 11.5 Å². The lowest BCUT2D eigenvalue weighted by Crippen LogP contribution is -2.42. The summed E-state index contributed by atoms with van der Waals surface area (Å²) < 4.78 is 0. The quantitative estimate of drug-likeness (QED) is 0.634. The first-order chi connectivity index (χ1) is 8.22. The molecule has 0 aromatic carbocycles. The fourth-order valence-corrected chi connectivity index (χ4v) is 2.15. The Morgan fingerprint density at radius 1 is 1.53 bits per heavy atom. The number of aromatic nitrogens is 1. The summed E-state index contributed by atoms with van der Waals surface area (Å²) >= 11 is 0. The summed E-state index contributed by atoms with van der Waals surface area (Å²) in [6.07, 6.45) is 4.37. The van der Waals surface area contributed by atoms with Crippen LogP contribution in [0.3, 0.4) is 0 Å². The molecule has 1 atom stereocenters. The van der Waals surface area contributed by atoms with Gasteiger partial charge in [0.1, 0.15) is 12.0 Å². The van der Waals surface area contributed by atoms with Gasteiger partial charge in [-0.05, 0) is 25.3 Å². The van der Waals surface area contributed by atoms with Crippen molar-refractivity contribution in [3.8, 4) is 0 Å². The Hall–Kier alpha value is -1.69. The van der Waals surface area contributed by atoms with Crippen molar-refractivity contribution in [1.29, 1.82) is 0 Å². The van der Waals surface area contributed by atoms with Gasteiger partial charge in [-0.25, -0.2) is 4.98 Å². The minimum Gasteiger partial charge on any atom is -0.394 e. The van der Waals surface area contributed by atoms with Crippen LogP contribution in [0.4, 0.5) is 11.5 Å². The lowest BCUT2D eigenvalue weighted by Gasteiger charge is -2.35. The average Bonchev–Trinajstić information content (AvgIpc) is 2.39. The Bertz CT molecular complexity index is 393. The number of pyridine rings is 1. The summed E-state index contributed by atoms with van der Waals surface area (Å²) in [6, 6.07) is 3.18. The molecule has 0 spiro atoms. The fourth-order valence-electron chi connectivity index (χ4n) is 2.15. The molecule has 2 heterocycles. The molecule has 0 amide bonds. The van der Waals surface area contributed by atoms with Crippen molar-refractivity contribution in [2.45, 2.75) is 25.3 Å². The zero-order chi connectivity index (χ0) is 12.3. The lowest BCUT2D eigenvalue weighted by atomic mass is 10.0. The zero-order valence-electron chi connectivity index (χ0n) is 9.45. The summed E-state index contributed by atoms with van der Waals surface area (Å²) in [5, 5.41) is 19.8. The van der Waals surface area contributed by atoms with Gasteiger partial charge >= 0.3 is 0 Å². The van der Waals surface area contributed by atoms with Crippen LogP contribution >= 0.6 is 0 Å². The number of anilines is 1. The maximum absolute atomic E-state index is 10.5. The van der Waals surface area contributed by atoms with E-state index in [0.29, 0.717) is 5.82 Å². The van der Waals surface area contributed by atoms with Crippen LogP contribution in [0.5, 0.6) is 0 Å². The lowest BCUT2D eigenvalue weighted by molar-refractivity contribution is -0.385. The van der Waals surface area contributed by atoms with Crippen LogP contribution in [-0.4, -0.2) is 34.2 Å². The first-order valence-corrected chi connectivity index (χ1v) is 5.70. The van der Waals surface area contributed by atoms with E-state index in [1.807, 2.05) is 4.90 Å². The third-order valence-corrected chi connectivity index (χ3v) is 3.08. The Balaban J connectivity index is 2.17. The molecule has 0 radical (unpaired) electrons. The van der Waals surface area contributed by atoms with Gasteiger partial charge in [0.15, 0.2) is 0 Å². The molecule has 1 aromatic rings. The largest absolute Gasteiger partial charge is 0.394 e. The second kappa shape index (κ2) is 5.09. The Morgan fingerprint density at radius 2 is 2.35 bits per heavy atom. The van der Waals surface area contributed by atoms with Crippen molar-refractivity contribution in [2.24, 2.45) is 0 Å². The van der Waals surface area contributed by atoms with Crippen molar-refractivity contribution in [3.05, 3.63) is 28.4 Å². The summed E-state index contributed by atoms with van der Waals surface area (Å²) in [4.78, 5) is 16.2. The van der Waals surface area contributed by atoms with E-state index in [1.165, 1.54) is 12.3 Å². The number of aliphatic hydroxyl groups excluding tert-OH is 1. The minimum atomic E-state index is -0.462. The molecule has 0 aliphatic carbocycles. The molecule has 17 heavy (non-hydrogen) atoms. The van der Waals surface area contributed by atoms with Gasteiger partial charge in [-0.1, -0.05) is 0 Å². The molecular formula is C11H15N3O3. The number of nitro groups is 1. The monoisotopic (exact) mass is 237 g/mol.